The topological polar surface area (TPSA) is 194 Å². The second-order valence-electron chi connectivity index (χ2n) is 11.8. The number of allylic oxidation sites excluding steroid dienone is 1. The van der Waals surface area contributed by atoms with Crippen LogP contribution in [0.3, 0.4) is 0 Å². The number of aromatic hydroxyl groups is 1. The smallest absolute Gasteiger partial charge is 0.256 e. The Morgan fingerprint density at radius 2 is 1.72 bits per heavy atom. The summed E-state index contributed by atoms with van der Waals surface area (Å²) in [6.07, 6.45) is 0.104. The average molecular weight is 591 g/mol. The van der Waals surface area contributed by atoms with E-state index in [1.165, 1.54) is 4.90 Å². The van der Waals surface area contributed by atoms with E-state index in [0.717, 1.165) is 0 Å². The lowest BCUT2D eigenvalue weighted by atomic mass is 9.58. The summed E-state index contributed by atoms with van der Waals surface area (Å²) in [7, 11) is 6.62. The minimum atomic E-state index is -2.73. The monoisotopic (exact) mass is 590 g/mol. The van der Waals surface area contributed by atoms with Crippen LogP contribution in [0, 0.1) is 18.8 Å². The fourth-order valence-corrected chi connectivity index (χ4v) is 6.81. The summed E-state index contributed by atoms with van der Waals surface area (Å²) in [4.78, 5) is 56.2. The molecule has 226 valence electrons. The summed E-state index contributed by atoms with van der Waals surface area (Å²) in [5.41, 5.74) is 3.33. The largest absolute Gasteiger partial charge is 0.510 e. The van der Waals surface area contributed by atoms with Gasteiger partial charge in [-0.25, -0.2) is 0 Å². The quantitative estimate of drug-likeness (QED) is 0.221. The molecule has 0 radical (unpaired) electrons. The van der Waals surface area contributed by atoms with Gasteiger partial charge in [0.2, 0.25) is 5.78 Å². The van der Waals surface area contributed by atoms with Gasteiger partial charge in [0.05, 0.1) is 17.3 Å². The lowest BCUT2D eigenvalue weighted by Gasteiger charge is -2.50. The van der Waals surface area contributed by atoms with E-state index in [1.807, 2.05) is 0 Å². The van der Waals surface area contributed by atoms with E-state index in [0.29, 0.717) is 22.4 Å². The lowest BCUT2D eigenvalue weighted by molar-refractivity contribution is -0.148. The van der Waals surface area contributed by atoms with Gasteiger partial charge in [-0.2, -0.15) is 0 Å². The highest BCUT2D eigenvalue weighted by Crippen LogP contribution is 2.54. The molecule has 0 aromatic heterocycles. The molecule has 0 heterocycles. The number of phenols is 1. The van der Waals surface area contributed by atoms with Crippen molar-refractivity contribution in [2.75, 3.05) is 38.4 Å². The predicted octanol–water partition coefficient (Wildman–Crippen LogP) is 1.75. The number of primary amides is 1. The second kappa shape index (κ2) is 10.2. The van der Waals surface area contributed by atoms with Gasteiger partial charge in [-0.05, 0) is 63.0 Å². The number of nitrogens with one attached hydrogen (secondary N) is 1. The van der Waals surface area contributed by atoms with Crippen LogP contribution >= 0.6 is 0 Å². The number of hydrogen-bond donors (Lipinski definition) is 6. The Labute approximate surface area is 247 Å². The number of carbonyl (C=O) groups excluding carboxylic acids is 4. The third-order valence-corrected chi connectivity index (χ3v) is 8.82. The van der Waals surface area contributed by atoms with Crippen LogP contribution in [0.1, 0.15) is 38.3 Å². The highest BCUT2D eigenvalue weighted by Gasteiger charge is 2.63. The maximum absolute atomic E-state index is 14.1. The number of aliphatic hydroxyl groups is 3. The molecule has 2 unspecified atom stereocenters. The zero-order valence-corrected chi connectivity index (χ0v) is 24.4. The van der Waals surface area contributed by atoms with Crippen LogP contribution in [0.25, 0.3) is 0 Å². The van der Waals surface area contributed by atoms with Crippen molar-refractivity contribution in [2.24, 2.45) is 17.6 Å². The number of ketones is 2. The minimum Gasteiger partial charge on any atom is -0.510 e. The number of phenolic OH excluding ortho intramolecular Hbond substituents is 1. The van der Waals surface area contributed by atoms with E-state index < -0.39 is 69.7 Å². The van der Waals surface area contributed by atoms with Crippen molar-refractivity contribution in [3.8, 4) is 5.75 Å². The molecule has 4 atom stereocenters. The predicted molar refractivity (Wildman–Crippen MR) is 157 cm³/mol. The molecule has 3 aliphatic rings. The Kier molecular flexibility index (Phi) is 7.10. The number of nitrogens with zero attached hydrogens (tertiary/aromatic N) is 2. The molecule has 5 rings (SSSR count). The van der Waals surface area contributed by atoms with Gasteiger partial charge in [-0.1, -0.05) is 18.2 Å². The van der Waals surface area contributed by atoms with E-state index in [2.05, 4.69) is 5.32 Å². The Bertz CT molecular complexity index is 1670. The molecule has 2 amide bonds. The number of benzene rings is 2. The van der Waals surface area contributed by atoms with Gasteiger partial charge >= 0.3 is 0 Å². The van der Waals surface area contributed by atoms with Gasteiger partial charge in [-0.3, -0.25) is 24.1 Å². The molecule has 12 nitrogen and oxygen atoms in total. The number of carbonyl (C=O) groups is 4. The van der Waals surface area contributed by atoms with Crippen molar-refractivity contribution < 1.29 is 39.6 Å². The molecular formula is C31H34N4O8. The van der Waals surface area contributed by atoms with Crippen LogP contribution in [-0.4, -0.2) is 88.5 Å². The van der Waals surface area contributed by atoms with Crippen LogP contribution in [0.4, 0.5) is 11.4 Å². The summed E-state index contributed by atoms with van der Waals surface area (Å²) in [6.45, 7) is 1.76. The third kappa shape index (κ3) is 4.28. The van der Waals surface area contributed by atoms with Gasteiger partial charge < -0.3 is 36.4 Å². The van der Waals surface area contributed by atoms with Gasteiger partial charge in [0.15, 0.2) is 17.1 Å². The molecule has 2 aromatic carbocycles. The van der Waals surface area contributed by atoms with Crippen LogP contribution in [0.5, 0.6) is 5.75 Å². The molecule has 43 heavy (non-hydrogen) atoms. The molecule has 7 N–H and O–H groups in total. The number of Topliss-reactive ketones (excluding diaryl/α,β-unsaturated/α-hetero) is 2. The maximum atomic E-state index is 14.1. The molecule has 0 saturated heterocycles. The first-order chi connectivity index (χ1) is 20.1. The number of amides is 2. The van der Waals surface area contributed by atoms with Crippen LogP contribution < -0.4 is 16.0 Å². The molecule has 2 aromatic rings. The Hall–Kier alpha value is -4.68. The molecular weight excluding hydrogens is 556 g/mol. The average Bonchev–Trinajstić information content (AvgIpc) is 2.91. The SMILES string of the molecule is Cc1ccccc1C(=O)Nc1cc(N(C)C)c2c(c1O)C(=O)C1=C(O)[C@]3(O)C(=O)C(C(N)=O)=C(O)[C@@H](N(C)C)C3CC1C2. The highest BCUT2D eigenvalue weighted by atomic mass is 16.3. The van der Waals surface area contributed by atoms with Crippen molar-refractivity contribution in [3.63, 3.8) is 0 Å². The molecule has 0 bridgehead atoms. The lowest BCUT2D eigenvalue weighted by Crippen LogP contribution is -2.63. The summed E-state index contributed by atoms with van der Waals surface area (Å²) >= 11 is 0. The zero-order valence-electron chi connectivity index (χ0n) is 24.4. The molecule has 0 aliphatic heterocycles. The first-order valence-corrected chi connectivity index (χ1v) is 13.7. The van der Waals surface area contributed by atoms with Gasteiger partial charge in [0.25, 0.3) is 11.8 Å². The fourth-order valence-electron chi connectivity index (χ4n) is 6.81. The van der Waals surface area contributed by atoms with Crippen molar-refractivity contribution in [3.05, 3.63) is 75.3 Å². The van der Waals surface area contributed by atoms with Crippen LogP contribution in [0.2, 0.25) is 0 Å². The van der Waals surface area contributed by atoms with Crippen molar-refractivity contribution >= 4 is 34.8 Å². The van der Waals surface area contributed by atoms with E-state index in [9.17, 15) is 39.6 Å². The van der Waals surface area contributed by atoms with Crippen LogP contribution in [0.15, 0.2) is 53.0 Å². The Morgan fingerprint density at radius 1 is 1.07 bits per heavy atom. The van der Waals surface area contributed by atoms with Crippen molar-refractivity contribution in [2.45, 2.75) is 31.4 Å². The number of nitrogens with two attached hydrogens (primary N) is 1. The number of likely N-dealkylation sites (N-methyl/N-ethyl adjacent to an activating group) is 1. The summed E-state index contributed by atoms with van der Waals surface area (Å²) < 4.78 is 0. The standard InChI is InChI=1S/C31H34N4O8/c1-13-8-6-7-9-15(13)30(42)33-18-12-19(34(2)3)16-10-14-11-17-23(35(4)5)26(38)22(29(32)41)28(40)31(17,43)27(39)20(14)25(37)21(16)24(18)36/h6-9,12,14,17,23,36,38-39,43H,10-11H2,1-5H3,(H2,32,41)(H,33,42)/t14?,17?,23-,31-/m0/s1. The van der Waals surface area contributed by atoms with Crippen molar-refractivity contribution in [1.82, 2.24) is 4.90 Å². The fraction of sp³-hybridized carbons (Fsp3) is 0.355. The minimum absolute atomic E-state index is 0.0227. The molecule has 0 fully saturated rings. The number of aryl methyl sites for hydroxylation is 1. The Morgan fingerprint density at radius 3 is 2.30 bits per heavy atom. The molecule has 0 spiro atoms. The van der Waals surface area contributed by atoms with Gasteiger partial charge in [-0.15, -0.1) is 0 Å². The molecule has 3 aliphatic carbocycles. The van der Waals surface area contributed by atoms with E-state index in [-0.39, 0.29) is 29.7 Å². The van der Waals surface area contributed by atoms with Gasteiger partial charge in [0, 0.05) is 36.8 Å². The maximum Gasteiger partial charge on any atom is 0.256 e. The number of anilines is 2. The number of fused-ring (bicyclic) bond motifs is 3. The first kappa shape index (κ1) is 29.8. The summed E-state index contributed by atoms with van der Waals surface area (Å²) in [5, 5.41) is 48.3. The van der Waals surface area contributed by atoms with E-state index in [1.54, 1.807) is 70.3 Å². The summed E-state index contributed by atoms with van der Waals surface area (Å²) in [6, 6.07) is 7.35. The first-order valence-electron chi connectivity index (χ1n) is 13.7. The molecule has 0 saturated carbocycles. The Balaban J connectivity index is 1.68. The normalized spacial score (nSPS) is 24.9. The molecule has 12 heteroatoms. The van der Waals surface area contributed by atoms with E-state index >= 15 is 0 Å². The highest BCUT2D eigenvalue weighted by molar-refractivity contribution is 6.25. The second-order valence-corrected chi connectivity index (χ2v) is 11.8. The summed E-state index contributed by atoms with van der Waals surface area (Å²) in [5.74, 6) is -7.88. The van der Waals surface area contributed by atoms with E-state index in [4.69, 9.17) is 5.73 Å². The van der Waals surface area contributed by atoms with Crippen LogP contribution in [-0.2, 0) is 16.0 Å². The number of hydrogen-bond acceptors (Lipinski definition) is 10. The number of aliphatic hydroxyl groups excluding tert-OH is 2. The zero-order chi connectivity index (χ0) is 31.7. The number of rotatable bonds is 5. The van der Waals surface area contributed by atoms with Crippen molar-refractivity contribution in [1.29, 1.82) is 0 Å². The van der Waals surface area contributed by atoms with Gasteiger partial charge in [0.1, 0.15) is 17.1 Å². The third-order valence-electron chi connectivity index (χ3n) is 8.82.